The summed E-state index contributed by atoms with van der Waals surface area (Å²) >= 11 is 0. The minimum Gasteiger partial charge on any atom is -0.398 e. The van der Waals surface area contributed by atoms with Crippen LogP contribution < -0.4 is 5.73 Å². The van der Waals surface area contributed by atoms with Gasteiger partial charge in [-0.05, 0) is 18.2 Å². The summed E-state index contributed by atoms with van der Waals surface area (Å²) in [5, 5.41) is 17.3. The first kappa shape index (κ1) is 7.97. The van der Waals surface area contributed by atoms with Crippen LogP contribution in [0.4, 0.5) is 10.1 Å². The Labute approximate surface area is 62.9 Å². The van der Waals surface area contributed by atoms with Gasteiger partial charge in [-0.1, -0.05) is 0 Å². The summed E-state index contributed by atoms with van der Waals surface area (Å²) in [6.07, 6.45) is -1.64. The van der Waals surface area contributed by atoms with Crippen LogP contribution in [0.5, 0.6) is 0 Å². The molecule has 0 amide bonds. The summed E-state index contributed by atoms with van der Waals surface area (Å²) < 4.78 is 12.4. The number of nitrogens with two attached hydrogens (primary N) is 1. The molecule has 0 unspecified atom stereocenters. The molecule has 1 aromatic carbocycles. The molecule has 0 atom stereocenters. The van der Waals surface area contributed by atoms with E-state index in [1.165, 1.54) is 6.07 Å². The number of rotatable bonds is 1. The lowest BCUT2D eigenvalue weighted by Crippen LogP contribution is -2.00. The summed E-state index contributed by atoms with van der Waals surface area (Å²) in [4.78, 5) is 0. The fraction of sp³-hybridized carbons (Fsp3) is 0.143. The van der Waals surface area contributed by atoms with Crippen molar-refractivity contribution in [2.24, 2.45) is 0 Å². The zero-order valence-electron chi connectivity index (χ0n) is 5.66. The van der Waals surface area contributed by atoms with E-state index in [0.717, 1.165) is 12.1 Å². The Hall–Kier alpha value is -1.13. The number of halogens is 1. The minimum atomic E-state index is -1.64. The van der Waals surface area contributed by atoms with Gasteiger partial charge in [-0.2, -0.15) is 0 Å². The molecule has 0 aromatic heterocycles. The molecule has 11 heavy (non-hydrogen) atoms. The van der Waals surface area contributed by atoms with Gasteiger partial charge < -0.3 is 15.9 Å². The third-order valence-corrected chi connectivity index (χ3v) is 1.33. The van der Waals surface area contributed by atoms with Gasteiger partial charge >= 0.3 is 0 Å². The van der Waals surface area contributed by atoms with Crippen LogP contribution in [-0.2, 0) is 0 Å². The number of hydrogen-bond donors (Lipinski definition) is 3. The monoisotopic (exact) mass is 157 g/mol. The zero-order chi connectivity index (χ0) is 8.43. The first-order valence-electron chi connectivity index (χ1n) is 3.02. The van der Waals surface area contributed by atoms with Crippen LogP contribution in [0.25, 0.3) is 0 Å². The van der Waals surface area contributed by atoms with Crippen molar-refractivity contribution in [2.45, 2.75) is 6.29 Å². The molecule has 4 N–H and O–H groups in total. The molecule has 0 aliphatic rings. The maximum absolute atomic E-state index is 12.4. The van der Waals surface area contributed by atoms with Crippen molar-refractivity contribution in [1.29, 1.82) is 0 Å². The van der Waals surface area contributed by atoms with Crippen LogP contribution in [0, 0.1) is 5.82 Å². The second kappa shape index (κ2) is 2.86. The highest BCUT2D eigenvalue weighted by Gasteiger charge is 2.06. The number of anilines is 1. The Balaban J connectivity index is 3.09. The second-order valence-corrected chi connectivity index (χ2v) is 2.15. The van der Waals surface area contributed by atoms with E-state index < -0.39 is 12.1 Å². The van der Waals surface area contributed by atoms with E-state index >= 15 is 0 Å². The molecule has 0 aliphatic carbocycles. The Kier molecular flexibility index (Phi) is 2.07. The molecule has 3 nitrogen and oxygen atoms in total. The maximum Gasteiger partial charge on any atom is 0.180 e. The van der Waals surface area contributed by atoms with Gasteiger partial charge in [0.25, 0.3) is 0 Å². The van der Waals surface area contributed by atoms with E-state index in [1.807, 2.05) is 0 Å². The van der Waals surface area contributed by atoms with Gasteiger partial charge in [0.05, 0.1) is 0 Å². The van der Waals surface area contributed by atoms with Gasteiger partial charge in [0, 0.05) is 11.3 Å². The molecule has 0 bridgehead atoms. The van der Waals surface area contributed by atoms with Crippen molar-refractivity contribution in [3.05, 3.63) is 29.6 Å². The van der Waals surface area contributed by atoms with Gasteiger partial charge in [-0.25, -0.2) is 4.39 Å². The number of benzene rings is 1. The van der Waals surface area contributed by atoms with Crippen LogP contribution in [-0.4, -0.2) is 10.2 Å². The van der Waals surface area contributed by atoms with Crippen molar-refractivity contribution in [2.75, 3.05) is 5.73 Å². The molecule has 4 heteroatoms. The summed E-state index contributed by atoms with van der Waals surface area (Å²) in [6.45, 7) is 0. The largest absolute Gasteiger partial charge is 0.398 e. The molecule has 0 spiro atoms. The Bertz CT molecular complexity index is 263. The summed E-state index contributed by atoms with van der Waals surface area (Å²) in [5.41, 5.74) is 5.42. The third-order valence-electron chi connectivity index (χ3n) is 1.33. The lowest BCUT2D eigenvalue weighted by molar-refractivity contribution is -0.0419. The number of hydrogen-bond acceptors (Lipinski definition) is 3. The first-order valence-corrected chi connectivity index (χ1v) is 3.02. The van der Waals surface area contributed by atoms with E-state index in [4.69, 9.17) is 15.9 Å². The standard InChI is InChI=1S/C7H8FNO2/c8-4-1-2-5(7(10)11)6(9)3-4/h1-3,7,10-11H,9H2. The Morgan fingerprint density at radius 2 is 2.00 bits per heavy atom. The van der Waals surface area contributed by atoms with Gasteiger partial charge in [-0.15, -0.1) is 0 Å². The van der Waals surface area contributed by atoms with Crippen LogP contribution in [0.1, 0.15) is 11.9 Å². The minimum absolute atomic E-state index is 0.0417. The average molecular weight is 157 g/mol. The predicted molar refractivity (Wildman–Crippen MR) is 38.0 cm³/mol. The number of aliphatic hydroxyl groups excluding tert-OH is 1. The molecule has 0 radical (unpaired) electrons. The summed E-state index contributed by atoms with van der Waals surface area (Å²) in [6, 6.07) is 3.38. The Morgan fingerprint density at radius 1 is 1.36 bits per heavy atom. The third kappa shape index (κ3) is 1.66. The molecule has 0 saturated carbocycles. The zero-order valence-corrected chi connectivity index (χ0v) is 5.66. The second-order valence-electron chi connectivity index (χ2n) is 2.15. The molecule has 0 fully saturated rings. The average Bonchev–Trinajstić information content (AvgIpc) is 1.85. The fourth-order valence-corrected chi connectivity index (χ4v) is 0.781. The molecule has 0 aliphatic heterocycles. The number of nitrogen functional groups attached to an aromatic ring is 1. The van der Waals surface area contributed by atoms with Crippen LogP contribution in [0.3, 0.4) is 0 Å². The van der Waals surface area contributed by atoms with E-state index in [0.29, 0.717) is 0 Å². The molecule has 1 rings (SSSR count). The van der Waals surface area contributed by atoms with E-state index in [2.05, 4.69) is 0 Å². The summed E-state index contributed by atoms with van der Waals surface area (Å²) in [7, 11) is 0. The van der Waals surface area contributed by atoms with Gasteiger partial charge in [-0.3, -0.25) is 0 Å². The molecule has 1 aromatic rings. The molecular formula is C7H8FNO2. The predicted octanol–water partition coefficient (Wildman–Crippen LogP) is 0.391. The van der Waals surface area contributed by atoms with Gasteiger partial charge in [0.15, 0.2) is 6.29 Å². The smallest absolute Gasteiger partial charge is 0.180 e. The van der Waals surface area contributed by atoms with Gasteiger partial charge in [0.2, 0.25) is 0 Å². The number of aliphatic hydroxyl groups is 2. The Morgan fingerprint density at radius 3 is 2.45 bits per heavy atom. The highest BCUT2D eigenvalue weighted by atomic mass is 19.1. The topological polar surface area (TPSA) is 66.5 Å². The molecule has 0 saturated heterocycles. The quantitative estimate of drug-likeness (QED) is 0.408. The normalized spacial score (nSPS) is 10.5. The van der Waals surface area contributed by atoms with Crippen LogP contribution >= 0.6 is 0 Å². The van der Waals surface area contributed by atoms with Crippen molar-refractivity contribution in [3.63, 3.8) is 0 Å². The lowest BCUT2D eigenvalue weighted by atomic mass is 10.2. The molecular weight excluding hydrogens is 149 g/mol. The van der Waals surface area contributed by atoms with E-state index in [1.54, 1.807) is 0 Å². The van der Waals surface area contributed by atoms with Gasteiger partial charge in [0.1, 0.15) is 5.82 Å². The molecule has 0 heterocycles. The SMILES string of the molecule is Nc1cc(F)ccc1C(O)O. The van der Waals surface area contributed by atoms with Crippen molar-refractivity contribution >= 4 is 5.69 Å². The molecule has 60 valence electrons. The highest BCUT2D eigenvalue weighted by molar-refractivity contribution is 5.47. The van der Waals surface area contributed by atoms with E-state index in [9.17, 15) is 4.39 Å². The van der Waals surface area contributed by atoms with Crippen molar-refractivity contribution < 1.29 is 14.6 Å². The lowest BCUT2D eigenvalue weighted by Gasteiger charge is -2.06. The maximum atomic E-state index is 12.4. The highest BCUT2D eigenvalue weighted by Crippen LogP contribution is 2.18. The van der Waals surface area contributed by atoms with Crippen molar-refractivity contribution in [3.8, 4) is 0 Å². The van der Waals surface area contributed by atoms with E-state index in [-0.39, 0.29) is 11.3 Å². The summed E-state index contributed by atoms with van der Waals surface area (Å²) in [5.74, 6) is -0.494. The van der Waals surface area contributed by atoms with Crippen LogP contribution in [0.2, 0.25) is 0 Å². The fourth-order valence-electron chi connectivity index (χ4n) is 0.781. The first-order chi connectivity index (χ1) is 5.11. The van der Waals surface area contributed by atoms with Crippen molar-refractivity contribution in [1.82, 2.24) is 0 Å². The van der Waals surface area contributed by atoms with Crippen LogP contribution in [0.15, 0.2) is 18.2 Å².